The number of ketones is 1. The number of phenolic OH excluding ortho intramolecular Hbond substituents is 1. The summed E-state index contributed by atoms with van der Waals surface area (Å²) < 4.78 is 18.6. The van der Waals surface area contributed by atoms with Gasteiger partial charge in [0.2, 0.25) is 0 Å². The number of carbonyl (C=O) groups excluding carboxylic acids is 2. The van der Waals surface area contributed by atoms with Gasteiger partial charge >= 0.3 is 0 Å². The minimum atomic E-state index is -1.01. The molecule has 2 aromatic carbocycles. The molecule has 29 heavy (non-hydrogen) atoms. The highest BCUT2D eigenvalue weighted by Gasteiger charge is 2.46. The fourth-order valence-corrected chi connectivity index (χ4v) is 3.30. The number of nitrogens with zero attached hydrogens (tertiary/aromatic N) is 1. The molecule has 3 rings (SSSR count). The number of hydrogen-bond acceptors (Lipinski definition) is 6. The highest BCUT2D eigenvalue weighted by Crippen LogP contribution is 2.41. The number of Topliss-reactive ketones (excluding diaryl/α,β-unsaturated/α-hetero) is 1. The van der Waals surface area contributed by atoms with Gasteiger partial charge in [0.15, 0.2) is 11.5 Å². The number of hydrogen-bond donors (Lipinski definition) is 3. The Bertz CT molecular complexity index is 970. The second-order valence-electron chi connectivity index (χ2n) is 6.38. The van der Waals surface area contributed by atoms with Gasteiger partial charge in [-0.15, -0.1) is 0 Å². The number of aliphatic hydroxyl groups excluding tert-OH is 2. The first-order valence-electron chi connectivity index (χ1n) is 9.00. The van der Waals surface area contributed by atoms with E-state index >= 15 is 0 Å². The van der Waals surface area contributed by atoms with Gasteiger partial charge in [-0.1, -0.05) is 6.07 Å². The maximum absolute atomic E-state index is 13.2. The van der Waals surface area contributed by atoms with E-state index in [-0.39, 0.29) is 35.8 Å². The second kappa shape index (κ2) is 8.32. The predicted octanol–water partition coefficient (Wildman–Crippen LogP) is 2.34. The van der Waals surface area contributed by atoms with Crippen molar-refractivity contribution in [1.29, 1.82) is 0 Å². The molecule has 1 atom stereocenters. The first-order chi connectivity index (χ1) is 13.9. The van der Waals surface area contributed by atoms with Crippen molar-refractivity contribution in [2.24, 2.45) is 0 Å². The van der Waals surface area contributed by atoms with Gasteiger partial charge in [-0.05, 0) is 48.9 Å². The average Bonchev–Trinajstić information content (AvgIpc) is 2.95. The largest absolute Gasteiger partial charge is 0.507 e. The molecule has 0 saturated carbocycles. The summed E-state index contributed by atoms with van der Waals surface area (Å²) in [6, 6.07) is 8.16. The lowest BCUT2D eigenvalue weighted by molar-refractivity contribution is -0.140. The molecule has 1 fully saturated rings. The molecule has 8 heteroatoms. The average molecular weight is 401 g/mol. The maximum atomic E-state index is 13.2. The minimum absolute atomic E-state index is 0.117. The summed E-state index contributed by atoms with van der Waals surface area (Å²) in [7, 11) is 0. The van der Waals surface area contributed by atoms with Crippen LogP contribution in [0.1, 0.15) is 24.1 Å². The third kappa shape index (κ3) is 3.79. The Hall–Kier alpha value is -3.39. The predicted molar refractivity (Wildman–Crippen MR) is 102 cm³/mol. The van der Waals surface area contributed by atoms with Gasteiger partial charge in [-0.2, -0.15) is 0 Å². The van der Waals surface area contributed by atoms with Crippen molar-refractivity contribution < 1.29 is 34.0 Å². The molecule has 1 heterocycles. The van der Waals surface area contributed by atoms with E-state index in [0.29, 0.717) is 5.56 Å². The zero-order valence-corrected chi connectivity index (χ0v) is 15.6. The van der Waals surface area contributed by atoms with Gasteiger partial charge in [0, 0.05) is 12.1 Å². The zero-order chi connectivity index (χ0) is 21.1. The van der Waals surface area contributed by atoms with Gasteiger partial charge < -0.3 is 25.0 Å². The molecular weight excluding hydrogens is 381 g/mol. The molecule has 152 valence electrons. The van der Waals surface area contributed by atoms with Crippen LogP contribution in [-0.2, 0) is 9.59 Å². The number of halogens is 1. The smallest absolute Gasteiger partial charge is 0.295 e. The van der Waals surface area contributed by atoms with Gasteiger partial charge in [0.1, 0.15) is 11.6 Å². The number of ether oxygens (including phenoxy) is 1. The SMILES string of the molecule is CCOc1cc(C2/C(=C(/O)c3ccc(F)cc3)C(=O)C(=O)N2CCO)ccc1O. The molecule has 1 amide bonds. The van der Waals surface area contributed by atoms with E-state index < -0.39 is 35.9 Å². The van der Waals surface area contributed by atoms with E-state index in [1.54, 1.807) is 6.92 Å². The lowest BCUT2D eigenvalue weighted by Gasteiger charge is -2.25. The molecule has 0 bridgehead atoms. The Kier molecular flexibility index (Phi) is 5.84. The third-order valence-corrected chi connectivity index (χ3v) is 4.60. The van der Waals surface area contributed by atoms with E-state index in [2.05, 4.69) is 0 Å². The summed E-state index contributed by atoms with van der Waals surface area (Å²) in [5.41, 5.74) is 0.382. The molecule has 0 spiro atoms. The third-order valence-electron chi connectivity index (χ3n) is 4.60. The van der Waals surface area contributed by atoms with Crippen LogP contribution in [-0.4, -0.2) is 51.7 Å². The van der Waals surface area contributed by atoms with Crippen LogP contribution < -0.4 is 4.74 Å². The van der Waals surface area contributed by atoms with Crippen molar-refractivity contribution in [3.63, 3.8) is 0 Å². The van der Waals surface area contributed by atoms with Crippen molar-refractivity contribution in [3.8, 4) is 11.5 Å². The molecule has 1 aliphatic rings. The number of aromatic hydroxyl groups is 1. The molecule has 1 aliphatic heterocycles. The Morgan fingerprint density at radius 3 is 2.48 bits per heavy atom. The number of rotatable bonds is 6. The van der Waals surface area contributed by atoms with E-state index in [0.717, 1.165) is 17.0 Å². The molecule has 1 saturated heterocycles. The summed E-state index contributed by atoms with van der Waals surface area (Å²) in [6.45, 7) is 1.48. The van der Waals surface area contributed by atoms with Crippen molar-refractivity contribution in [1.82, 2.24) is 4.90 Å². The van der Waals surface area contributed by atoms with Crippen LogP contribution in [0.15, 0.2) is 48.0 Å². The van der Waals surface area contributed by atoms with Crippen LogP contribution in [0.2, 0.25) is 0 Å². The molecule has 2 aromatic rings. The first-order valence-corrected chi connectivity index (χ1v) is 9.00. The van der Waals surface area contributed by atoms with Crippen LogP contribution in [0.3, 0.4) is 0 Å². The molecule has 1 unspecified atom stereocenters. The van der Waals surface area contributed by atoms with Crippen molar-refractivity contribution >= 4 is 17.4 Å². The molecular formula is C21H20FNO6. The number of amides is 1. The summed E-state index contributed by atoms with van der Waals surface area (Å²) in [4.78, 5) is 26.4. The number of phenols is 1. The Balaban J connectivity index is 2.19. The normalized spacial score (nSPS) is 18.3. The highest BCUT2D eigenvalue weighted by atomic mass is 19.1. The van der Waals surface area contributed by atoms with E-state index in [1.165, 1.54) is 30.3 Å². The summed E-state index contributed by atoms with van der Waals surface area (Å²) in [5.74, 6) is -2.73. The van der Waals surface area contributed by atoms with Crippen LogP contribution in [0.4, 0.5) is 4.39 Å². The van der Waals surface area contributed by atoms with Gasteiger partial charge in [-0.3, -0.25) is 9.59 Å². The summed E-state index contributed by atoms with van der Waals surface area (Å²) in [5, 5.41) is 30.1. The highest BCUT2D eigenvalue weighted by molar-refractivity contribution is 6.46. The van der Waals surface area contributed by atoms with Gasteiger partial charge in [0.05, 0.1) is 24.8 Å². The van der Waals surface area contributed by atoms with Gasteiger partial charge in [-0.25, -0.2) is 4.39 Å². The van der Waals surface area contributed by atoms with Gasteiger partial charge in [0.25, 0.3) is 11.7 Å². The summed E-state index contributed by atoms with van der Waals surface area (Å²) in [6.07, 6.45) is 0. The Morgan fingerprint density at radius 1 is 1.17 bits per heavy atom. The van der Waals surface area contributed by atoms with Crippen LogP contribution in [0.25, 0.3) is 5.76 Å². The van der Waals surface area contributed by atoms with E-state index in [9.17, 15) is 29.3 Å². The Morgan fingerprint density at radius 2 is 1.86 bits per heavy atom. The molecule has 0 radical (unpaired) electrons. The van der Waals surface area contributed by atoms with E-state index in [1.807, 2.05) is 0 Å². The minimum Gasteiger partial charge on any atom is -0.507 e. The number of carbonyl (C=O) groups is 2. The number of likely N-dealkylation sites (tertiary alicyclic amines) is 1. The molecule has 3 N–H and O–H groups in total. The molecule has 0 aliphatic carbocycles. The van der Waals surface area contributed by atoms with Crippen LogP contribution >= 0.6 is 0 Å². The number of aliphatic hydroxyl groups is 2. The fourth-order valence-electron chi connectivity index (χ4n) is 3.30. The van der Waals surface area contributed by atoms with Crippen molar-refractivity contribution in [2.45, 2.75) is 13.0 Å². The number of benzene rings is 2. The van der Waals surface area contributed by atoms with Crippen LogP contribution in [0, 0.1) is 5.82 Å². The zero-order valence-electron chi connectivity index (χ0n) is 15.6. The Labute approximate surface area is 166 Å². The lowest BCUT2D eigenvalue weighted by atomic mass is 9.95. The lowest BCUT2D eigenvalue weighted by Crippen LogP contribution is -2.32. The van der Waals surface area contributed by atoms with E-state index in [4.69, 9.17) is 4.74 Å². The molecule has 0 aromatic heterocycles. The second-order valence-corrected chi connectivity index (χ2v) is 6.38. The number of β-amino-alcohol motifs (C(OH)–C–C–N with tert-alkyl or cyclic N) is 1. The fraction of sp³-hybridized carbons (Fsp3) is 0.238. The van der Waals surface area contributed by atoms with Crippen molar-refractivity contribution in [2.75, 3.05) is 19.8 Å². The quantitative estimate of drug-likeness (QED) is 0.390. The molecule has 7 nitrogen and oxygen atoms in total. The van der Waals surface area contributed by atoms with Crippen LogP contribution in [0.5, 0.6) is 11.5 Å². The first kappa shape index (κ1) is 20.3. The topological polar surface area (TPSA) is 107 Å². The maximum Gasteiger partial charge on any atom is 0.295 e. The summed E-state index contributed by atoms with van der Waals surface area (Å²) >= 11 is 0. The monoisotopic (exact) mass is 401 g/mol. The standard InChI is InChI=1S/C21H20FNO6/c1-2-29-16-11-13(5-8-15(16)25)18-17(20(27)21(28)23(18)9-10-24)19(26)12-3-6-14(22)7-4-12/h3-8,11,18,24-26H,2,9-10H2,1H3/b19-17-. The van der Waals surface area contributed by atoms with Crippen molar-refractivity contribution in [3.05, 3.63) is 65.0 Å².